The summed E-state index contributed by atoms with van der Waals surface area (Å²) in [5, 5.41) is 2.64. The van der Waals surface area contributed by atoms with E-state index in [2.05, 4.69) is 10.0 Å². The second-order valence-corrected chi connectivity index (χ2v) is 8.55. The van der Waals surface area contributed by atoms with Gasteiger partial charge in [-0.2, -0.15) is 0 Å². The average Bonchev–Trinajstić information content (AvgIpc) is 2.71. The molecule has 0 aliphatic rings. The van der Waals surface area contributed by atoms with E-state index in [9.17, 15) is 18.0 Å². The lowest BCUT2D eigenvalue weighted by Gasteiger charge is -2.12. The van der Waals surface area contributed by atoms with Crippen LogP contribution in [0.1, 0.15) is 36.2 Å². The monoisotopic (exact) mass is 438 g/mol. The number of hydrogen-bond acceptors (Lipinski definition) is 5. The third kappa shape index (κ3) is 6.85. The van der Waals surface area contributed by atoms with E-state index >= 15 is 0 Å². The fraction of sp³-hybridized carbons (Fsp3) is 0.300. The van der Waals surface area contributed by atoms with Crippen LogP contribution in [0.2, 0.25) is 5.02 Å². The molecule has 7 nitrogen and oxygen atoms in total. The number of carbonyl (C=O) groups is 2. The van der Waals surface area contributed by atoms with Gasteiger partial charge in [-0.05, 0) is 37.1 Å². The van der Waals surface area contributed by atoms with Crippen molar-refractivity contribution in [3.05, 3.63) is 64.7 Å². The Morgan fingerprint density at radius 3 is 2.48 bits per heavy atom. The number of amides is 1. The predicted molar refractivity (Wildman–Crippen MR) is 110 cm³/mol. The van der Waals surface area contributed by atoms with E-state index in [0.29, 0.717) is 0 Å². The summed E-state index contributed by atoms with van der Waals surface area (Å²) in [4.78, 5) is 23.7. The SMILES string of the molecule is CCC(C)NC(=O)COC(=O)c1ccc(Cl)c(S(=O)(=O)NCc2ccccc2)c1. The Labute approximate surface area is 175 Å². The molecule has 0 aliphatic carbocycles. The van der Waals surface area contributed by atoms with Gasteiger partial charge in [-0.1, -0.05) is 48.9 Å². The fourth-order valence-electron chi connectivity index (χ4n) is 2.32. The van der Waals surface area contributed by atoms with Gasteiger partial charge < -0.3 is 10.1 Å². The summed E-state index contributed by atoms with van der Waals surface area (Å²) in [5.41, 5.74) is 0.751. The van der Waals surface area contributed by atoms with Crippen molar-refractivity contribution in [1.29, 1.82) is 0 Å². The van der Waals surface area contributed by atoms with Gasteiger partial charge in [0.2, 0.25) is 10.0 Å². The van der Waals surface area contributed by atoms with E-state index in [1.54, 1.807) is 24.3 Å². The second-order valence-electron chi connectivity index (χ2n) is 6.41. The Hall–Kier alpha value is -2.42. The molecule has 1 atom stereocenters. The molecule has 0 spiro atoms. The highest BCUT2D eigenvalue weighted by Gasteiger charge is 2.21. The van der Waals surface area contributed by atoms with Crippen molar-refractivity contribution >= 4 is 33.5 Å². The topological polar surface area (TPSA) is 102 Å². The zero-order valence-electron chi connectivity index (χ0n) is 16.1. The normalized spacial score (nSPS) is 12.2. The minimum atomic E-state index is -3.96. The van der Waals surface area contributed by atoms with Crippen LogP contribution >= 0.6 is 11.6 Å². The number of hydrogen-bond donors (Lipinski definition) is 2. The van der Waals surface area contributed by atoms with E-state index in [-0.39, 0.29) is 28.1 Å². The van der Waals surface area contributed by atoms with Gasteiger partial charge in [0.05, 0.1) is 10.6 Å². The maximum atomic E-state index is 12.6. The molecule has 0 radical (unpaired) electrons. The van der Waals surface area contributed by atoms with Gasteiger partial charge in [-0.3, -0.25) is 4.79 Å². The highest BCUT2D eigenvalue weighted by Crippen LogP contribution is 2.23. The summed E-state index contributed by atoms with van der Waals surface area (Å²) in [6, 6.07) is 12.7. The number of sulfonamides is 1. The molecule has 0 saturated carbocycles. The Kier molecular flexibility index (Phi) is 8.19. The summed E-state index contributed by atoms with van der Waals surface area (Å²) in [7, 11) is -3.96. The van der Waals surface area contributed by atoms with Crippen molar-refractivity contribution in [3.8, 4) is 0 Å². The molecule has 0 fully saturated rings. The van der Waals surface area contributed by atoms with Crippen LogP contribution in [-0.4, -0.2) is 32.9 Å². The third-order valence-electron chi connectivity index (χ3n) is 4.12. The highest BCUT2D eigenvalue weighted by atomic mass is 35.5. The first-order valence-corrected chi connectivity index (χ1v) is 10.9. The molecule has 156 valence electrons. The number of rotatable bonds is 9. The van der Waals surface area contributed by atoms with Crippen LogP contribution in [0.5, 0.6) is 0 Å². The van der Waals surface area contributed by atoms with Crippen molar-refractivity contribution in [1.82, 2.24) is 10.0 Å². The Morgan fingerprint density at radius 2 is 1.83 bits per heavy atom. The third-order valence-corrected chi connectivity index (χ3v) is 6.00. The first kappa shape index (κ1) is 22.9. The molecule has 2 N–H and O–H groups in total. The minimum Gasteiger partial charge on any atom is -0.452 e. The number of carbonyl (C=O) groups excluding carboxylic acids is 2. The van der Waals surface area contributed by atoms with E-state index in [1.165, 1.54) is 12.1 Å². The molecular formula is C20H23ClN2O5S. The maximum Gasteiger partial charge on any atom is 0.338 e. The molecule has 1 unspecified atom stereocenters. The lowest BCUT2D eigenvalue weighted by molar-refractivity contribution is -0.124. The summed E-state index contributed by atoms with van der Waals surface area (Å²) in [5.74, 6) is -1.25. The van der Waals surface area contributed by atoms with Crippen molar-refractivity contribution < 1.29 is 22.7 Å². The van der Waals surface area contributed by atoms with Gasteiger partial charge in [-0.25, -0.2) is 17.9 Å². The van der Waals surface area contributed by atoms with E-state index in [1.807, 2.05) is 19.9 Å². The zero-order valence-corrected chi connectivity index (χ0v) is 17.7. The van der Waals surface area contributed by atoms with E-state index < -0.39 is 28.5 Å². The number of benzene rings is 2. The molecule has 0 bridgehead atoms. The predicted octanol–water partition coefficient (Wildman–Crippen LogP) is 2.89. The molecule has 2 aromatic rings. The summed E-state index contributed by atoms with van der Waals surface area (Å²) in [6.45, 7) is 3.36. The van der Waals surface area contributed by atoms with Gasteiger partial charge in [-0.15, -0.1) is 0 Å². The van der Waals surface area contributed by atoms with Crippen molar-refractivity contribution in [3.63, 3.8) is 0 Å². The van der Waals surface area contributed by atoms with Crippen molar-refractivity contribution in [2.24, 2.45) is 0 Å². The molecule has 29 heavy (non-hydrogen) atoms. The second kappa shape index (κ2) is 10.4. The molecule has 1 amide bonds. The van der Waals surface area contributed by atoms with Gasteiger partial charge in [0, 0.05) is 12.6 Å². The Morgan fingerprint density at radius 1 is 1.14 bits per heavy atom. The van der Waals surface area contributed by atoms with Crippen LogP contribution in [-0.2, 0) is 26.1 Å². The van der Waals surface area contributed by atoms with Crippen LogP contribution in [0.3, 0.4) is 0 Å². The molecule has 0 saturated heterocycles. The van der Waals surface area contributed by atoms with Crippen LogP contribution in [0.25, 0.3) is 0 Å². The van der Waals surface area contributed by atoms with E-state index in [4.69, 9.17) is 16.3 Å². The Balaban J connectivity index is 2.08. The summed E-state index contributed by atoms with van der Waals surface area (Å²) < 4.78 is 32.6. The van der Waals surface area contributed by atoms with Crippen molar-refractivity contribution in [2.45, 2.75) is 37.8 Å². The van der Waals surface area contributed by atoms with Crippen LogP contribution in [0, 0.1) is 0 Å². The molecule has 9 heteroatoms. The number of esters is 1. The van der Waals surface area contributed by atoms with Gasteiger partial charge in [0.15, 0.2) is 6.61 Å². The average molecular weight is 439 g/mol. The van der Waals surface area contributed by atoms with Gasteiger partial charge in [0.25, 0.3) is 5.91 Å². The highest BCUT2D eigenvalue weighted by molar-refractivity contribution is 7.89. The smallest absolute Gasteiger partial charge is 0.338 e. The fourth-order valence-corrected chi connectivity index (χ4v) is 3.86. The largest absolute Gasteiger partial charge is 0.452 e. The molecule has 2 rings (SSSR count). The molecule has 0 heterocycles. The van der Waals surface area contributed by atoms with Crippen molar-refractivity contribution in [2.75, 3.05) is 6.61 Å². The molecule has 0 aromatic heterocycles. The number of nitrogens with one attached hydrogen (secondary N) is 2. The van der Waals surface area contributed by atoms with Crippen LogP contribution < -0.4 is 10.0 Å². The lowest BCUT2D eigenvalue weighted by atomic mass is 10.2. The number of ether oxygens (including phenoxy) is 1. The lowest BCUT2D eigenvalue weighted by Crippen LogP contribution is -2.35. The standard InChI is InChI=1S/C20H23ClN2O5S/c1-3-14(2)23-19(24)13-28-20(25)16-9-10-17(21)18(11-16)29(26,27)22-12-15-7-5-4-6-8-15/h4-11,14,22H,3,12-13H2,1-2H3,(H,23,24). The Bertz CT molecular complexity index is 964. The van der Waals surface area contributed by atoms with Gasteiger partial charge in [0.1, 0.15) is 4.90 Å². The number of halogens is 1. The molecule has 2 aromatic carbocycles. The zero-order chi connectivity index (χ0) is 21.4. The summed E-state index contributed by atoms with van der Waals surface area (Å²) >= 11 is 6.03. The molecule has 0 aliphatic heterocycles. The first-order chi connectivity index (χ1) is 13.7. The molecular weight excluding hydrogens is 416 g/mol. The van der Waals surface area contributed by atoms with E-state index in [0.717, 1.165) is 18.1 Å². The van der Waals surface area contributed by atoms with Crippen LogP contribution in [0.15, 0.2) is 53.4 Å². The first-order valence-electron chi connectivity index (χ1n) is 9.02. The maximum absolute atomic E-state index is 12.6. The van der Waals surface area contributed by atoms with Crippen LogP contribution in [0.4, 0.5) is 0 Å². The van der Waals surface area contributed by atoms with Gasteiger partial charge >= 0.3 is 5.97 Å². The summed E-state index contributed by atoms with van der Waals surface area (Å²) in [6.07, 6.45) is 0.744. The minimum absolute atomic E-state index is 0.0224. The quantitative estimate of drug-likeness (QED) is 0.586.